The van der Waals surface area contributed by atoms with Crippen molar-refractivity contribution in [2.45, 2.75) is 92.1 Å². The molecule has 0 aromatic heterocycles. The van der Waals surface area contributed by atoms with Crippen LogP contribution in [0.3, 0.4) is 0 Å². The molecule has 1 aromatic carbocycles. The molecule has 0 radical (unpaired) electrons. The van der Waals surface area contributed by atoms with Crippen LogP contribution in [0.5, 0.6) is 5.75 Å². The van der Waals surface area contributed by atoms with Gasteiger partial charge in [-0.15, -0.1) is 0 Å². The molecule has 3 N–H and O–H groups in total. The first-order valence-electron chi connectivity index (χ1n) is 13.0. The maximum absolute atomic E-state index is 14.1. The number of fused-ring (bicyclic) bond motifs is 3. The molecular weight excluding hydrogens is 468 g/mol. The van der Waals surface area contributed by atoms with E-state index in [2.05, 4.69) is 11.8 Å². The number of aromatic hydroxyl groups is 1. The smallest absolute Gasteiger partial charge is 0.206 e. The number of phenols is 1. The molecule has 3 aliphatic rings. The van der Waals surface area contributed by atoms with Gasteiger partial charge < -0.3 is 15.3 Å². The molecule has 1 saturated carbocycles. The van der Waals surface area contributed by atoms with E-state index in [9.17, 15) is 29.7 Å². The van der Waals surface area contributed by atoms with Gasteiger partial charge >= 0.3 is 0 Å². The van der Waals surface area contributed by atoms with Gasteiger partial charge in [0.1, 0.15) is 11.5 Å². The van der Waals surface area contributed by atoms with Gasteiger partial charge in [-0.3, -0.25) is 14.4 Å². The predicted molar refractivity (Wildman–Crippen MR) is 141 cm³/mol. The number of rotatable bonds is 3. The molecule has 1 fully saturated rings. The lowest BCUT2D eigenvalue weighted by Gasteiger charge is -2.56. The minimum atomic E-state index is -2.48. The second kappa shape index (κ2) is 8.70. The lowest BCUT2D eigenvalue weighted by atomic mass is 9.46. The molecule has 196 valence electrons. The van der Waals surface area contributed by atoms with Crippen LogP contribution in [0, 0.1) is 22.7 Å². The molecule has 0 bridgehead atoms. The molecule has 4 rings (SSSR count). The third-order valence-corrected chi connectivity index (χ3v) is 8.51. The number of phenolic OH excluding ortho intramolecular Hbond substituents is 1. The predicted octanol–water partition coefficient (Wildman–Crippen LogP) is 5.09. The summed E-state index contributed by atoms with van der Waals surface area (Å²) in [5.41, 5.74) is -2.02. The van der Waals surface area contributed by atoms with Gasteiger partial charge in [0.05, 0.1) is 16.7 Å². The third-order valence-electron chi connectivity index (χ3n) is 8.51. The number of allylic oxidation sites excluding steroid dienone is 1. The van der Waals surface area contributed by atoms with E-state index < -0.39 is 39.5 Å². The van der Waals surface area contributed by atoms with E-state index in [0.29, 0.717) is 24.0 Å². The molecule has 0 unspecified atom stereocenters. The number of Topliss-reactive ketones (excluding diaryl/α,β-unsaturated/α-hetero) is 3. The molecule has 37 heavy (non-hydrogen) atoms. The Balaban J connectivity index is 2.02. The summed E-state index contributed by atoms with van der Waals surface area (Å²) in [6.07, 6.45) is 2.31. The Morgan fingerprint density at radius 1 is 1.14 bits per heavy atom. The summed E-state index contributed by atoms with van der Waals surface area (Å²) in [6.45, 7) is 12.6. The van der Waals surface area contributed by atoms with Crippen molar-refractivity contribution < 1.29 is 29.7 Å². The SMILES string of the molecule is CCCC#Cc1cc(C(C)C)c2c(c1O)C(O)=C1C(=O)[C@@]3(O)C(=O)C(C(C)=O)=C(C)C[C@@]3(C)C[C@@]1(C)C2. The highest BCUT2D eigenvalue weighted by Crippen LogP contribution is 2.62. The van der Waals surface area contributed by atoms with Crippen LogP contribution in [0.15, 0.2) is 22.8 Å². The molecule has 6 heteroatoms. The summed E-state index contributed by atoms with van der Waals surface area (Å²) in [5, 5.41) is 34.7. The summed E-state index contributed by atoms with van der Waals surface area (Å²) in [6, 6.07) is 1.86. The third kappa shape index (κ3) is 3.62. The van der Waals surface area contributed by atoms with E-state index in [0.717, 1.165) is 17.5 Å². The van der Waals surface area contributed by atoms with Gasteiger partial charge in [0.2, 0.25) is 11.6 Å². The first-order chi connectivity index (χ1) is 17.1. The number of carbonyl (C=O) groups excluding carboxylic acids is 3. The highest BCUT2D eigenvalue weighted by Gasteiger charge is 2.69. The van der Waals surface area contributed by atoms with Gasteiger partial charge in [0, 0.05) is 22.8 Å². The summed E-state index contributed by atoms with van der Waals surface area (Å²) in [5.74, 6) is 3.15. The summed E-state index contributed by atoms with van der Waals surface area (Å²) in [4.78, 5) is 40.0. The number of aliphatic hydroxyl groups excluding tert-OH is 1. The highest BCUT2D eigenvalue weighted by molar-refractivity contribution is 6.33. The minimum Gasteiger partial charge on any atom is -0.507 e. The first-order valence-corrected chi connectivity index (χ1v) is 13.0. The van der Waals surface area contributed by atoms with Crippen molar-refractivity contribution in [3.8, 4) is 17.6 Å². The second-order valence-electron chi connectivity index (χ2n) is 11.9. The molecular formula is C31H36O6. The average molecular weight is 505 g/mol. The van der Waals surface area contributed by atoms with Crippen LogP contribution >= 0.6 is 0 Å². The molecule has 0 spiro atoms. The van der Waals surface area contributed by atoms with Gasteiger partial charge in [-0.05, 0) is 62.6 Å². The zero-order valence-electron chi connectivity index (χ0n) is 22.8. The van der Waals surface area contributed by atoms with Crippen LogP contribution < -0.4 is 0 Å². The van der Waals surface area contributed by atoms with Crippen molar-refractivity contribution >= 4 is 23.1 Å². The van der Waals surface area contributed by atoms with Gasteiger partial charge in [0.25, 0.3) is 0 Å². The lowest BCUT2D eigenvalue weighted by Crippen LogP contribution is -2.67. The van der Waals surface area contributed by atoms with E-state index in [-0.39, 0.29) is 41.2 Å². The fourth-order valence-electron chi connectivity index (χ4n) is 7.01. The summed E-state index contributed by atoms with van der Waals surface area (Å²) >= 11 is 0. The summed E-state index contributed by atoms with van der Waals surface area (Å²) < 4.78 is 0. The fraction of sp³-hybridized carbons (Fsp3) is 0.516. The Kier molecular flexibility index (Phi) is 6.32. The quantitative estimate of drug-likeness (QED) is 0.300. The van der Waals surface area contributed by atoms with Gasteiger partial charge in [-0.1, -0.05) is 52.0 Å². The van der Waals surface area contributed by atoms with Crippen LogP contribution in [0.4, 0.5) is 0 Å². The largest absolute Gasteiger partial charge is 0.507 e. The van der Waals surface area contributed by atoms with E-state index in [1.807, 2.05) is 33.8 Å². The van der Waals surface area contributed by atoms with Crippen molar-refractivity contribution in [1.82, 2.24) is 0 Å². The second-order valence-corrected chi connectivity index (χ2v) is 11.9. The highest BCUT2D eigenvalue weighted by atomic mass is 16.3. The van der Waals surface area contributed by atoms with Crippen LogP contribution in [0.1, 0.15) is 102 Å². The number of hydrogen-bond acceptors (Lipinski definition) is 6. The number of ketones is 3. The van der Waals surface area contributed by atoms with Gasteiger partial charge in [-0.25, -0.2) is 0 Å². The zero-order chi connectivity index (χ0) is 27.7. The van der Waals surface area contributed by atoms with Crippen LogP contribution in [-0.4, -0.2) is 38.3 Å². The van der Waals surface area contributed by atoms with Crippen molar-refractivity contribution in [1.29, 1.82) is 0 Å². The average Bonchev–Trinajstić information content (AvgIpc) is 2.77. The monoisotopic (exact) mass is 504 g/mol. The topological polar surface area (TPSA) is 112 Å². The van der Waals surface area contributed by atoms with Crippen LogP contribution in [-0.2, 0) is 20.8 Å². The molecule has 0 heterocycles. The molecule has 0 amide bonds. The Hall–Kier alpha value is -3.17. The first kappa shape index (κ1) is 26.9. The lowest BCUT2D eigenvalue weighted by molar-refractivity contribution is -0.171. The Morgan fingerprint density at radius 2 is 1.78 bits per heavy atom. The number of carbonyl (C=O) groups is 3. The van der Waals surface area contributed by atoms with E-state index >= 15 is 0 Å². The van der Waals surface area contributed by atoms with Crippen molar-refractivity contribution in [3.63, 3.8) is 0 Å². The molecule has 3 aliphatic carbocycles. The number of aliphatic hydroxyl groups is 2. The maximum Gasteiger partial charge on any atom is 0.206 e. The number of hydrogen-bond donors (Lipinski definition) is 3. The van der Waals surface area contributed by atoms with Crippen LogP contribution in [0.2, 0.25) is 0 Å². The maximum atomic E-state index is 14.1. The number of unbranched alkanes of at least 4 members (excludes halogenated alkanes) is 1. The van der Waals surface area contributed by atoms with Gasteiger partial charge in [-0.2, -0.15) is 0 Å². The normalized spacial score (nSPS) is 29.0. The molecule has 1 aromatic rings. The Morgan fingerprint density at radius 3 is 2.35 bits per heavy atom. The van der Waals surface area contributed by atoms with E-state index in [1.165, 1.54) is 6.92 Å². The van der Waals surface area contributed by atoms with Crippen LogP contribution in [0.25, 0.3) is 5.76 Å². The summed E-state index contributed by atoms with van der Waals surface area (Å²) in [7, 11) is 0. The molecule has 6 nitrogen and oxygen atoms in total. The molecule has 3 atom stereocenters. The fourth-order valence-corrected chi connectivity index (χ4v) is 7.01. The number of benzene rings is 1. The van der Waals surface area contributed by atoms with Crippen molar-refractivity contribution in [3.05, 3.63) is 45.0 Å². The molecule has 0 aliphatic heterocycles. The zero-order valence-corrected chi connectivity index (χ0v) is 22.8. The Labute approximate surface area is 218 Å². The van der Waals surface area contributed by atoms with Gasteiger partial charge in [0.15, 0.2) is 11.4 Å². The van der Waals surface area contributed by atoms with Crippen molar-refractivity contribution in [2.24, 2.45) is 10.8 Å². The van der Waals surface area contributed by atoms with E-state index in [1.54, 1.807) is 13.8 Å². The van der Waals surface area contributed by atoms with Crippen molar-refractivity contribution in [2.75, 3.05) is 0 Å². The standard InChI is InChI=1S/C31H36O6/c1-8-9-10-11-19-12-20(16(2)3)21-14-29(6)15-30(7)13-17(4)22(18(5)32)27(35)31(30,37)28(36)24(29)26(34)23(21)25(19)33/h12,16,33-34,37H,8-9,13-15H2,1-7H3/t29-,30+,31+/m1/s1. The molecule has 0 saturated heterocycles. The minimum absolute atomic E-state index is 0.0606. The van der Waals surface area contributed by atoms with E-state index in [4.69, 9.17) is 0 Å². The Bertz CT molecular complexity index is 1380.